The number of anilines is 1. The summed E-state index contributed by atoms with van der Waals surface area (Å²) in [6, 6.07) is 0. The van der Waals surface area contributed by atoms with Crippen molar-refractivity contribution in [3.8, 4) is 0 Å². The zero-order valence-electron chi connectivity index (χ0n) is 8.84. The molecule has 17 heavy (non-hydrogen) atoms. The van der Waals surface area contributed by atoms with Gasteiger partial charge in [0.1, 0.15) is 12.5 Å². The summed E-state index contributed by atoms with van der Waals surface area (Å²) in [5, 5.41) is 10.7. The molecule has 1 aromatic heterocycles. The highest BCUT2D eigenvalue weighted by molar-refractivity contribution is 5.56. The van der Waals surface area contributed by atoms with Crippen LogP contribution in [0.5, 0.6) is 0 Å². The second kappa shape index (κ2) is 4.19. The van der Waals surface area contributed by atoms with E-state index in [4.69, 9.17) is 0 Å². The average molecular weight is 244 g/mol. The molecule has 0 N–H and O–H groups in total. The van der Waals surface area contributed by atoms with Crippen molar-refractivity contribution in [1.29, 1.82) is 0 Å². The minimum absolute atomic E-state index is 0.0604. The summed E-state index contributed by atoms with van der Waals surface area (Å²) in [5.41, 5.74) is -0.252. The Balaban J connectivity index is 2.21. The standard InChI is InChI=1S/C9H10F2N4O2/c10-9(11)1-3-14(4-2-9)8-7(15(16)17)5-12-6-13-8/h5-6H,1-4H2. The zero-order valence-corrected chi connectivity index (χ0v) is 8.84. The van der Waals surface area contributed by atoms with Crippen LogP contribution < -0.4 is 4.90 Å². The number of aromatic nitrogens is 2. The Kier molecular flexibility index (Phi) is 2.86. The normalized spacial score (nSPS) is 19.1. The van der Waals surface area contributed by atoms with Gasteiger partial charge < -0.3 is 4.90 Å². The van der Waals surface area contributed by atoms with Crippen LogP contribution in [0.1, 0.15) is 12.8 Å². The SMILES string of the molecule is O=[N+]([O-])c1cncnc1N1CCC(F)(F)CC1. The van der Waals surface area contributed by atoms with Crippen LogP contribution in [0.25, 0.3) is 0 Å². The number of rotatable bonds is 2. The van der Waals surface area contributed by atoms with Gasteiger partial charge in [-0.3, -0.25) is 10.1 Å². The molecule has 0 aliphatic carbocycles. The molecule has 0 unspecified atom stereocenters. The topological polar surface area (TPSA) is 72.2 Å². The second-order valence-electron chi connectivity index (χ2n) is 3.83. The minimum Gasteiger partial charge on any atom is -0.350 e. The predicted octanol–water partition coefficient (Wildman–Crippen LogP) is 1.62. The summed E-state index contributed by atoms with van der Waals surface area (Å²) in [6.07, 6.45) is 1.63. The third kappa shape index (κ3) is 2.45. The van der Waals surface area contributed by atoms with Crippen molar-refractivity contribution in [2.75, 3.05) is 18.0 Å². The van der Waals surface area contributed by atoms with Crippen LogP contribution in [0.15, 0.2) is 12.5 Å². The van der Waals surface area contributed by atoms with Gasteiger partial charge in [0.05, 0.1) is 4.92 Å². The average Bonchev–Trinajstić information content (AvgIpc) is 2.29. The molecule has 2 rings (SSSR count). The molecule has 0 atom stereocenters. The van der Waals surface area contributed by atoms with Crippen molar-refractivity contribution in [3.63, 3.8) is 0 Å². The third-order valence-corrected chi connectivity index (χ3v) is 2.66. The van der Waals surface area contributed by atoms with E-state index in [1.807, 2.05) is 0 Å². The molecular formula is C9H10F2N4O2. The molecule has 0 saturated carbocycles. The van der Waals surface area contributed by atoms with E-state index in [1.165, 1.54) is 11.2 Å². The Labute approximate surface area is 95.4 Å². The van der Waals surface area contributed by atoms with Crippen molar-refractivity contribution in [2.24, 2.45) is 0 Å². The monoisotopic (exact) mass is 244 g/mol. The summed E-state index contributed by atoms with van der Waals surface area (Å²) in [5.74, 6) is -2.57. The highest BCUT2D eigenvalue weighted by Crippen LogP contribution is 2.32. The highest BCUT2D eigenvalue weighted by atomic mass is 19.3. The van der Waals surface area contributed by atoms with Crippen LogP contribution in [0.3, 0.4) is 0 Å². The van der Waals surface area contributed by atoms with Crippen molar-refractivity contribution in [1.82, 2.24) is 9.97 Å². The third-order valence-electron chi connectivity index (χ3n) is 2.66. The molecule has 92 valence electrons. The lowest BCUT2D eigenvalue weighted by molar-refractivity contribution is -0.384. The number of alkyl halides is 2. The van der Waals surface area contributed by atoms with Gasteiger partial charge >= 0.3 is 5.69 Å². The predicted molar refractivity (Wildman–Crippen MR) is 55.1 cm³/mol. The number of nitro groups is 1. The van der Waals surface area contributed by atoms with Crippen LogP contribution >= 0.6 is 0 Å². The molecule has 0 bridgehead atoms. The van der Waals surface area contributed by atoms with E-state index >= 15 is 0 Å². The molecule has 6 nitrogen and oxygen atoms in total. The van der Waals surface area contributed by atoms with E-state index in [-0.39, 0.29) is 37.4 Å². The molecular weight excluding hydrogens is 234 g/mol. The van der Waals surface area contributed by atoms with Crippen LogP contribution in [0.2, 0.25) is 0 Å². The van der Waals surface area contributed by atoms with Gasteiger partial charge in [0.15, 0.2) is 0 Å². The molecule has 0 amide bonds. The summed E-state index contributed by atoms with van der Waals surface area (Å²) in [4.78, 5) is 19.0. The van der Waals surface area contributed by atoms with Crippen LogP contribution in [-0.4, -0.2) is 33.9 Å². The van der Waals surface area contributed by atoms with E-state index in [9.17, 15) is 18.9 Å². The first-order chi connectivity index (χ1) is 7.99. The maximum absolute atomic E-state index is 13.0. The molecule has 0 aromatic carbocycles. The molecule has 0 spiro atoms. The summed E-state index contributed by atoms with van der Waals surface area (Å²) < 4.78 is 25.9. The Morgan fingerprint density at radius 3 is 2.65 bits per heavy atom. The largest absolute Gasteiger partial charge is 0.350 e. The maximum Gasteiger partial charge on any atom is 0.329 e. The van der Waals surface area contributed by atoms with Gasteiger partial charge in [0.25, 0.3) is 5.92 Å². The number of halogens is 2. The highest BCUT2D eigenvalue weighted by Gasteiger charge is 2.36. The molecule has 8 heteroatoms. The maximum atomic E-state index is 13.0. The fourth-order valence-electron chi connectivity index (χ4n) is 1.73. The first-order valence-corrected chi connectivity index (χ1v) is 5.07. The van der Waals surface area contributed by atoms with Gasteiger partial charge in [0.2, 0.25) is 5.82 Å². The molecule has 1 saturated heterocycles. The van der Waals surface area contributed by atoms with E-state index in [2.05, 4.69) is 9.97 Å². The van der Waals surface area contributed by atoms with Crippen molar-refractivity contribution in [3.05, 3.63) is 22.6 Å². The lowest BCUT2D eigenvalue weighted by Crippen LogP contribution is -2.40. The Bertz CT molecular complexity index is 431. The van der Waals surface area contributed by atoms with Crippen molar-refractivity contribution >= 4 is 11.5 Å². The van der Waals surface area contributed by atoms with Gasteiger partial charge in [0, 0.05) is 25.9 Å². The second-order valence-corrected chi connectivity index (χ2v) is 3.83. The van der Waals surface area contributed by atoms with Crippen LogP contribution in [0, 0.1) is 10.1 Å². The Morgan fingerprint density at radius 2 is 2.06 bits per heavy atom. The molecule has 1 fully saturated rings. The Morgan fingerprint density at radius 1 is 1.41 bits per heavy atom. The molecule has 2 heterocycles. The number of piperidine rings is 1. The van der Waals surface area contributed by atoms with Crippen LogP contribution in [-0.2, 0) is 0 Å². The smallest absolute Gasteiger partial charge is 0.329 e. The quantitative estimate of drug-likeness (QED) is 0.584. The Hall–Kier alpha value is -1.86. The summed E-state index contributed by atoms with van der Waals surface area (Å²) >= 11 is 0. The van der Waals surface area contributed by atoms with E-state index < -0.39 is 10.8 Å². The lowest BCUT2D eigenvalue weighted by Gasteiger charge is -2.31. The zero-order chi connectivity index (χ0) is 12.5. The van der Waals surface area contributed by atoms with E-state index in [0.29, 0.717) is 0 Å². The van der Waals surface area contributed by atoms with Crippen LogP contribution in [0.4, 0.5) is 20.3 Å². The summed E-state index contributed by atoms with van der Waals surface area (Å²) in [6.45, 7) is 0.121. The van der Waals surface area contributed by atoms with E-state index in [0.717, 1.165) is 6.20 Å². The fourth-order valence-corrected chi connectivity index (χ4v) is 1.73. The van der Waals surface area contributed by atoms with Crippen molar-refractivity contribution < 1.29 is 13.7 Å². The minimum atomic E-state index is -2.68. The first-order valence-electron chi connectivity index (χ1n) is 5.07. The molecule has 1 aliphatic rings. The lowest BCUT2D eigenvalue weighted by atomic mass is 10.1. The number of nitrogens with zero attached hydrogens (tertiary/aromatic N) is 4. The van der Waals surface area contributed by atoms with Gasteiger partial charge in [-0.2, -0.15) is 0 Å². The number of hydrogen-bond donors (Lipinski definition) is 0. The molecule has 1 aromatic rings. The van der Waals surface area contributed by atoms with Gasteiger partial charge in [-0.25, -0.2) is 18.7 Å². The van der Waals surface area contributed by atoms with Crippen molar-refractivity contribution in [2.45, 2.75) is 18.8 Å². The van der Waals surface area contributed by atoms with Gasteiger partial charge in [-0.1, -0.05) is 0 Å². The van der Waals surface area contributed by atoms with E-state index in [1.54, 1.807) is 0 Å². The molecule has 0 radical (unpaired) electrons. The first kappa shape index (κ1) is 11.6. The molecule has 1 aliphatic heterocycles. The number of hydrogen-bond acceptors (Lipinski definition) is 5. The van der Waals surface area contributed by atoms with Gasteiger partial charge in [-0.05, 0) is 0 Å². The van der Waals surface area contributed by atoms with Gasteiger partial charge in [-0.15, -0.1) is 0 Å². The summed E-state index contributed by atoms with van der Waals surface area (Å²) in [7, 11) is 0. The fraction of sp³-hybridized carbons (Fsp3) is 0.556.